The maximum absolute atomic E-state index is 13.3. The summed E-state index contributed by atoms with van der Waals surface area (Å²) in [6.07, 6.45) is 4.94. The molecule has 0 radical (unpaired) electrons. The Kier molecular flexibility index (Phi) is 4.22. The first kappa shape index (κ1) is 17.5. The molecule has 2 bridgehead atoms. The Balaban J connectivity index is 1.61. The van der Waals surface area contributed by atoms with Gasteiger partial charge in [-0.15, -0.1) is 0 Å². The van der Waals surface area contributed by atoms with Crippen LogP contribution in [0.4, 0.5) is 0 Å². The predicted octanol–water partition coefficient (Wildman–Crippen LogP) is 3.14. The Morgan fingerprint density at radius 2 is 1.21 bits per heavy atom. The molecule has 1 saturated carbocycles. The van der Waals surface area contributed by atoms with Gasteiger partial charge in [0.05, 0.1) is 5.92 Å². The molecule has 0 aromatic heterocycles. The Hall–Kier alpha value is -2.62. The summed E-state index contributed by atoms with van der Waals surface area (Å²) in [6, 6.07) is 15.8. The highest BCUT2D eigenvalue weighted by Gasteiger charge is 2.53. The highest BCUT2D eigenvalue weighted by molar-refractivity contribution is 5.86. The Labute approximate surface area is 164 Å². The number of aliphatic carboxylic acids is 1. The number of rotatable bonds is 3. The first-order valence-corrected chi connectivity index (χ1v) is 10.3. The fourth-order valence-corrected chi connectivity index (χ4v) is 5.67. The SMILES string of the molecule is O=C([O-])[C@@H]1C2c3ccccc3C(c3ccccc32)[C@H]1C(=O)OC1CCCCC1. The van der Waals surface area contributed by atoms with E-state index in [1.807, 2.05) is 48.5 Å². The van der Waals surface area contributed by atoms with E-state index in [4.69, 9.17) is 4.74 Å². The molecule has 28 heavy (non-hydrogen) atoms. The standard InChI is InChI=1S/C24H24O4/c25-23(26)21-19-15-10-4-6-12-17(15)20(18-13-7-5-11-16(18)19)22(21)24(27)28-14-8-2-1-3-9-14/h4-7,10-14,19-22H,1-3,8-9H2,(H,25,26)/p-1/t19?,20?,21-,22-/m1/s1. The second-order valence-electron chi connectivity index (χ2n) is 8.28. The van der Waals surface area contributed by atoms with E-state index in [2.05, 4.69) is 0 Å². The van der Waals surface area contributed by atoms with Crippen molar-refractivity contribution < 1.29 is 19.4 Å². The molecule has 0 aliphatic heterocycles. The zero-order valence-electron chi connectivity index (χ0n) is 15.7. The van der Waals surface area contributed by atoms with Crippen LogP contribution in [-0.2, 0) is 14.3 Å². The van der Waals surface area contributed by atoms with Gasteiger partial charge < -0.3 is 14.6 Å². The van der Waals surface area contributed by atoms with Crippen LogP contribution in [0.5, 0.6) is 0 Å². The first-order valence-electron chi connectivity index (χ1n) is 10.3. The number of benzene rings is 2. The molecular formula is C24H23O4-. The number of carboxylic acids is 1. The number of hydrogen-bond acceptors (Lipinski definition) is 4. The van der Waals surface area contributed by atoms with Crippen molar-refractivity contribution in [1.82, 2.24) is 0 Å². The van der Waals surface area contributed by atoms with E-state index >= 15 is 0 Å². The molecule has 4 aliphatic carbocycles. The summed E-state index contributed by atoms with van der Waals surface area (Å²) >= 11 is 0. The molecule has 2 atom stereocenters. The lowest BCUT2D eigenvalue weighted by molar-refractivity contribution is -0.314. The van der Waals surface area contributed by atoms with Crippen LogP contribution in [0.2, 0.25) is 0 Å². The van der Waals surface area contributed by atoms with E-state index in [1.165, 1.54) is 6.42 Å². The van der Waals surface area contributed by atoms with Crippen molar-refractivity contribution in [2.24, 2.45) is 11.8 Å². The second-order valence-corrected chi connectivity index (χ2v) is 8.28. The first-order chi connectivity index (χ1) is 13.7. The number of ether oxygens (including phenoxy) is 1. The van der Waals surface area contributed by atoms with Crippen molar-refractivity contribution in [3.8, 4) is 0 Å². The summed E-state index contributed by atoms with van der Waals surface area (Å²) in [5.41, 5.74) is 4.10. The van der Waals surface area contributed by atoms with Crippen molar-refractivity contribution in [3.05, 3.63) is 70.8 Å². The van der Waals surface area contributed by atoms with E-state index < -0.39 is 17.8 Å². The van der Waals surface area contributed by atoms with E-state index in [-0.39, 0.29) is 23.9 Å². The van der Waals surface area contributed by atoms with Crippen LogP contribution in [0.25, 0.3) is 0 Å². The molecule has 0 heterocycles. The van der Waals surface area contributed by atoms with Crippen LogP contribution in [-0.4, -0.2) is 18.0 Å². The molecule has 0 saturated heterocycles. The van der Waals surface area contributed by atoms with E-state index in [9.17, 15) is 14.7 Å². The summed E-state index contributed by atoms with van der Waals surface area (Å²) in [5, 5.41) is 12.3. The maximum atomic E-state index is 13.3. The third-order valence-electron chi connectivity index (χ3n) is 6.82. The van der Waals surface area contributed by atoms with Gasteiger partial charge in [-0.3, -0.25) is 4.79 Å². The van der Waals surface area contributed by atoms with Gasteiger partial charge in [-0.25, -0.2) is 0 Å². The van der Waals surface area contributed by atoms with Crippen LogP contribution in [0.1, 0.15) is 66.2 Å². The van der Waals surface area contributed by atoms with Crippen molar-refractivity contribution in [2.45, 2.75) is 50.0 Å². The van der Waals surface area contributed by atoms with Gasteiger partial charge in [0.2, 0.25) is 0 Å². The average molecular weight is 375 g/mol. The van der Waals surface area contributed by atoms with Gasteiger partial charge in [-0.05, 0) is 47.9 Å². The van der Waals surface area contributed by atoms with Gasteiger partial charge in [-0.2, -0.15) is 0 Å². The second kappa shape index (κ2) is 6.77. The molecule has 144 valence electrons. The van der Waals surface area contributed by atoms with Gasteiger partial charge in [0.1, 0.15) is 6.10 Å². The van der Waals surface area contributed by atoms with Crippen LogP contribution in [0.15, 0.2) is 48.5 Å². The summed E-state index contributed by atoms with van der Waals surface area (Å²) in [5.74, 6) is -3.83. The third kappa shape index (κ3) is 2.58. The molecule has 4 aliphatic rings. The zero-order valence-corrected chi connectivity index (χ0v) is 15.7. The third-order valence-corrected chi connectivity index (χ3v) is 6.82. The minimum atomic E-state index is -1.16. The zero-order chi connectivity index (χ0) is 19.3. The molecule has 0 amide bonds. The molecule has 0 unspecified atom stereocenters. The van der Waals surface area contributed by atoms with E-state index in [0.717, 1.165) is 47.9 Å². The molecule has 1 fully saturated rings. The Morgan fingerprint density at radius 1 is 0.750 bits per heavy atom. The van der Waals surface area contributed by atoms with Crippen LogP contribution >= 0.6 is 0 Å². The lowest BCUT2D eigenvalue weighted by Gasteiger charge is -2.50. The van der Waals surface area contributed by atoms with Crippen LogP contribution in [0, 0.1) is 11.8 Å². The number of carboxylic acid groups (broad SMARTS) is 1. The average Bonchev–Trinajstić information content (AvgIpc) is 2.73. The molecular weight excluding hydrogens is 352 g/mol. The predicted molar refractivity (Wildman–Crippen MR) is 102 cm³/mol. The number of fused-ring (bicyclic) bond motifs is 1. The van der Waals surface area contributed by atoms with Crippen molar-refractivity contribution in [2.75, 3.05) is 0 Å². The highest BCUT2D eigenvalue weighted by atomic mass is 16.5. The largest absolute Gasteiger partial charge is 0.550 e. The van der Waals surface area contributed by atoms with Crippen LogP contribution < -0.4 is 5.11 Å². The topological polar surface area (TPSA) is 66.4 Å². The van der Waals surface area contributed by atoms with E-state index in [1.54, 1.807) is 0 Å². The Bertz CT molecular complexity index is 880. The summed E-state index contributed by atoms with van der Waals surface area (Å²) in [4.78, 5) is 25.5. The maximum Gasteiger partial charge on any atom is 0.310 e. The molecule has 2 aromatic carbocycles. The summed E-state index contributed by atoms with van der Waals surface area (Å²) in [6.45, 7) is 0. The molecule has 0 spiro atoms. The molecule has 4 nitrogen and oxygen atoms in total. The van der Waals surface area contributed by atoms with Gasteiger partial charge in [-0.1, -0.05) is 55.0 Å². The fourth-order valence-electron chi connectivity index (χ4n) is 5.67. The minimum Gasteiger partial charge on any atom is -0.550 e. The van der Waals surface area contributed by atoms with E-state index in [0.29, 0.717) is 0 Å². The number of hydrogen-bond donors (Lipinski definition) is 0. The van der Waals surface area contributed by atoms with Crippen LogP contribution in [0.3, 0.4) is 0 Å². The van der Waals surface area contributed by atoms with Crippen molar-refractivity contribution >= 4 is 11.9 Å². The lowest BCUT2D eigenvalue weighted by atomic mass is 9.54. The van der Waals surface area contributed by atoms with Gasteiger partial charge >= 0.3 is 5.97 Å². The smallest absolute Gasteiger partial charge is 0.310 e. The summed E-state index contributed by atoms with van der Waals surface area (Å²) in [7, 11) is 0. The summed E-state index contributed by atoms with van der Waals surface area (Å²) < 4.78 is 5.86. The minimum absolute atomic E-state index is 0.0883. The van der Waals surface area contributed by atoms with Crippen molar-refractivity contribution in [1.29, 1.82) is 0 Å². The number of carbonyl (C=O) groups is 2. The monoisotopic (exact) mass is 375 g/mol. The normalized spacial score (nSPS) is 28.3. The fraction of sp³-hybridized carbons (Fsp3) is 0.417. The Morgan fingerprint density at radius 3 is 1.68 bits per heavy atom. The number of esters is 1. The lowest BCUT2D eigenvalue weighted by Crippen LogP contribution is -2.51. The number of carbonyl (C=O) groups excluding carboxylic acids is 2. The van der Waals surface area contributed by atoms with Gasteiger partial charge in [0.15, 0.2) is 0 Å². The van der Waals surface area contributed by atoms with Gasteiger partial charge in [0, 0.05) is 23.7 Å². The quantitative estimate of drug-likeness (QED) is 0.773. The molecule has 0 N–H and O–H groups in total. The molecule has 2 aromatic rings. The molecule has 4 heteroatoms. The highest BCUT2D eigenvalue weighted by Crippen LogP contribution is 2.58. The van der Waals surface area contributed by atoms with Crippen molar-refractivity contribution in [3.63, 3.8) is 0 Å². The van der Waals surface area contributed by atoms with Gasteiger partial charge in [0.25, 0.3) is 0 Å². The molecule has 6 rings (SSSR count).